The van der Waals surface area contributed by atoms with Crippen molar-refractivity contribution in [1.29, 1.82) is 5.26 Å². The van der Waals surface area contributed by atoms with E-state index in [4.69, 9.17) is 5.26 Å². The standard InChI is InChI=1S/C22H19N5O2/c1-15-4-2-3-5-18(15)12-27-21(28)17-8-6-16(7-9-17)11-26-22(29)19-13-24-20(10-23)25-14-19/h2-9,13-14H,11-12H2,1H3,(H,26,29)(H,27,28). The maximum atomic E-state index is 12.3. The number of amides is 2. The molecule has 7 nitrogen and oxygen atoms in total. The van der Waals surface area contributed by atoms with Crippen LogP contribution >= 0.6 is 0 Å². The third kappa shape index (κ3) is 5.23. The zero-order valence-electron chi connectivity index (χ0n) is 15.8. The van der Waals surface area contributed by atoms with Crippen molar-refractivity contribution < 1.29 is 9.59 Å². The molecule has 0 spiro atoms. The second-order valence-electron chi connectivity index (χ2n) is 6.40. The zero-order valence-corrected chi connectivity index (χ0v) is 15.8. The van der Waals surface area contributed by atoms with Gasteiger partial charge in [-0.1, -0.05) is 36.4 Å². The van der Waals surface area contributed by atoms with E-state index in [0.717, 1.165) is 16.7 Å². The minimum absolute atomic E-state index is 0.0119. The molecule has 0 radical (unpaired) electrons. The lowest BCUT2D eigenvalue weighted by Crippen LogP contribution is -2.24. The summed E-state index contributed by atoms with van der Waals surface area (Å²) in [6.07, 6.45) is 2.62. The molecule has 0 unspecified atom stereocenters. The van der Waals surface area contributed by atoms with Crippen LogP contribution in [-0.2, 0) is 13.1 Å². The van der Waals surface area contributed by atoms with Gasteiger partial charge in [-0.25, -0.2) is 9.97 Å². The summed E-state index contributed by atoms with van der Waals surface area (Å²) in [4.78, 5) is 32.0. The van der Waals surface area contributed by atoms with Gasteiger partial charge in [0.2, 0.25) is 5.82 Å². The Kier molecular flexibility index (Phi) is 6.28. The highest BCUT2D eigenvalue weighted by Crippen LogP contribution is 2.08. The SMILES string of the molecule is Cc1ccccc1CNC(=O)c1ccc(CNC(=O)c2cnc(C#N)nc2)cc1. The molecule has 0 bridgehead atoms. The van der Waals surface area contributed by atoms with E-state index in [1.807, 2.05) is 31.2 Å². The van der Waals surface area contributed by atoms with E-state index in [9.17, 15) is 9.59 Å². The zero-order chi connectivity index (χ0) is 20.6. The molecule has 0 atom stereocenters. The first-order valence-corrected chi connectivity index (χ1v) is 8.99. The van der Waals surface area contributed by atoms with Crippen molar-refractivity contribution in [2.24, 2.45) is 0 Å². The molecule has 1 heterocycles. The van der Waals surface area contributed by atoms with Crippen LogP contribution in [0.5, 0.6) is 0 Å². The molecule has 2 amide bonds. The number of carbonyl (C=O) groups is 2. The van der Waals surface area contributed by atoms with E-state index >= 15 is 0 Å². The highest BCUT2D eigenvalue weighted by molar-refractivity contribution is 5.94. The average Bonchev–Trinajstić information content (AvgIpc) is 2.77. The van der Waals surface area contributed by atoms with Crippen LogP contribution in [0.4, 0.5) is 0 Å². The van der Waals surface area contributed by atoms with E-state index in [2.05, 4.69) is 20.6 Å². The highest BCUT2D eigenvalue weighted by atomic mass is 16.2. The van der Waals surface area contributed by atoms with Crippen molar-refractivity contribution >= 4 is 11.8 Å². The fourth-order valence-corrected chi connectivity index (χ4v) is 2.65. The van der Waals surface area contributed by atoms with E-state index in [0.29, 0.717) is 18.7 Å². The fourth-order valence-electron chi connectivity index (χ4n) is 2.65. The van der Waals surface area contributed by atoms with Gasteiger partial charge in [-0.3, -0.25) is 9.59 Å². The Labute approximate surface area is 168 Å². The highest BCUT2D eigenvalue weighted by Gasteiger charge is 2.09. The van der Waals surface area contributed by atoms with Gasteiger partial charge in [-0.15, -0.1) is 0 Å². The lowest BCUT2D eigenvalue weighted by atomic mass is 10.1. The Bertz CT molecular complexity index is 1050. The van der Waals surface area contributed by atoms with Gasteiger partial charge >= 0.3 is 0 Å². The van der Waals surface area contributed by atoms with Crippen molar-refractivity contribution in [3.05, 3.63) is 94.6 Å². The van der Waals surface area contributed by atoms with Crippen molar-refractivity contribution in [1.82, 2.24) is 20.6 Å². The third-order valence-electron chi connectivity index (χ3n) is 4.38. The first kappa shape index (κ1) is 19.7. The molecule has 0 saturated heterocycles. The average molecular weight is 385 g/mol. The summed E-state index contributed by atoms with van der Waals surface area (Å²) in [6, 6.07) is 16.7. The minimum Gasteiger partial charge on any atom is -0.348 e. The normalized spacial score (nSPS) is 10.1. The number of hydrogen-bond donors (Lipinski definition) is 2. The minimum atomic E-state index is -0.338. The van der Waals surface area contributed by atoms with E-state index < -0.39 is 0 Å². The maximum Gasteiger partial charge on any atom is 0.254 e. The van der Waals surface area contributed by atoms with Gasteiger partial charge in [-0.05, 0) is 35.7 Å². The van der Waals surface area contributed by atoms with Gasteiger partial charge in [0, 0.05) is 31.0 Å². The van der Waals surface area contributed by atoms with E-state index in [1.54, 1.807) is 30.3 Å². The predicted molar refractivity (Wildman–Crippen MR) is 107 cm³/mol. The van der Waals surface area contributed by atoms with Crippen molar-refractivity contribution in [2.75, 3.05) is 0 Å². The second kappa shape index (κ2) is 9.24. The Balaban J connectivity index is 1.52. The molecule has 7 heteroatoms. The summed E-state index contributed by atoms with van der Waals surface area (Å²) >= 11 is 0. The van der Waals surface area contributed by atoms with Gasteiger partial charge in [-0.2, -0.15) is 5.26 Å². The van der Waals surface area contributed by atoms with E-state index in [-0.39, 0.29) is 23.2 Å². The topological polar surface area (TPSA) is 108 Å². The molecule has 3 aromatic rings. The summed E-state index contributed by atoms with van der Waals surface area (Å²) in [7, 11) is 0. The van der Waals surface area contributed by atoms with Crippen molar-refractivity contribution in [3.63, 3.8) is 0 Å². The molecular weight excluding hydrogens is 366 g/mol. The summed E-state index contributed by atoms with van der Waals surface area (Å²) in [5.41, 5.74) is 3.88. The number of nitrogens with zero attached hydrogens (tertiary/aromatic N) is 3. The second-order valence-corrected chi connectivity index (χ2v) is 6.40. The molecule has 2 aromatic carbocycles. The molecule has 0 saturated carbocycles. The Morgan fingerprint density at radius 2 is 1.52 bits per heavy atom. The van der Waals surface area contributed by atoms with Crippen molar-refractivity contribution in [3.8, 4) is 6.07 Å². The quantitative estimate of drug-likeness (QED) is 0.678. The molecule has 29 heavy (non-hydrogen) atoms. The molecule has 1 aromatic heterocycles. The third-order valence-corrected chi connectivity index (χ3v) is 4.38. The summed E-state index contributed by atoms with van der Waals surface area (Å²) in [5.74, 6) is -0.481. The fraction of sp³-hybridized carbons (Fsp3) is 0.136. The number of rotatable bonds is 6. The van der Waals surface area contributed by atoms with Gasteiger partial charge in [0.05, 0.1) is 5.56 Å². The van der Waals surface area contributed by atoms with Crippen LogP contribution in [0.3, 0.4) is 0 Å². The van der Waals surface area contributed by atoms with Crippen LogP contribution in [0.1, 0.15) is 43.2 Å². The van der Waals surface area contributed by atoms with Gasteiger partial charge in [0.15, 0.2) is 0 Å². The summed E-state index contributed by atoms with van der Waals surface area (Å²) < 4.78 is 0. The maximum absolute atomic E-state index is 12.3. The molecule has 0 aliphatic heterocycles. The molecule has 0 aliphatic carbocycles. The van der Waals surface area contributed by atoms with Crippen LogP contribution in [-0.4, -0.2) is 21.8 Å². The number of nitriles is 1. The summed E-state index contributed by atoms with van der Waals surface area (Å²) in [6.45, 7) is 2.77. The van der Waals surface area contributed by atoms with Crippen molar-refractivity contribution in [2.45, 2.75) is 20.0 Å². The molecular formula is C22H19N5O2. The number of nitrogens with one attached hydrogen (secondary N) is 2. The molecule has 2 N–H and O–H groups in total. The number of aryl methyl sites for hydroxylation is 1. The Morgan fingerprint density at radius 3 is 2.17 bits per heavy atom. The molecule has 0 fully saturated rings. The van der Waals surface area contributed by atoms with Gasteiger partial charge < -0.3 is 10.6 Å². The van der Waals surface area contributed by atoms with Gasteiger partial charge in [0.25, 0.3) is 11.8 Å². The van der Waals surface area contributed by atoms with Gasteiger partial charge in [0.1, 0.15) is 6.07 Å². The van der Waals surface area contributed by atoms with Crippen LogP contribution in [0.15, 0.2) is 60.9 Å². The Morgan fingerprint density at radius 1 is 0.897 bits per heavy atom. The molecule has 0 aliphatic rings. The van der Waals surface area contributed by atoms with Crippen LogP contribution < -0.4 is 10.6 Å². The molecule has 144 valence electrons. The largest absolute Gasteiger partial charge is 0.348 e. The molecule has 3 rings (SSSR count). The number of carbonyl (C=O) groups excluding carboxylic acids is 2. The van der Waals surface area contributed by atoms with Crippen LogP contribution in [0.2, 0.25) is 0 Å². The lowest BCUT2D eigenvalue weighted by Gasteiger charge is -2.09. The summed E-state index contributed by atoms with van der Waals surface area (Å²) in [5, 5.41) is 14.3. The predicted octanol–water partition coefficient (Wildman–Crippen LogP) is 2.52. The number of benzene rings is 2. The number of aromatic nitrogens is 2. The lowest BCUT2D eigenvalue weighted by molar-refractivity contribution is 0.0941. The van der Waals surface area contributed by atoms with Crippen LogP contribution in [0.25, 0.3) is 0 Å². The first-order chi connectivity index (χ1) is 14.1. The van der Waals surface area contributed by atoms with E-state index in [1.165, 1.54) is 12.4 Å². The van der Waals surface area contributed by atoms with Crippen LogP contribution in [0, 0.1) is 18.3 Å². The monoisotopic (exact) mass is 385 g/mol. The number of hydrogen-bond acceptors (Lipinski definition) is 5. The smallest absolute Gasteiger partial charge is 0.254 e. The first-order valence-electron chi connectivity index (χ1n) is 8.99. The Hall–Kier alpha value is -4.05.